The first-order chi connectivity index (χ1) is 8.34. The fourth-order valence-electron chi connectivity index (χ4n) is 2.56. The quantitative estimate of drug-likeness (QED) is 0.708. The number of fused-ring (bicyclic) bond motifs is 5. The number of nitrogens with zero attached hydrogens (tertiary/aromatic N) is 1. The van der Waals surface area contributed by atoms with Gasteiger partial charge >= 0.3 is 115 Å². The van der Waals surface area contributed by atoms with E-state index >= 15 is 0 Å². The first-order valence-corrected chi connectivity index (χ1v) is 6.82. The molecule has 0 amide bonds. The van der Waals surface area contributed by atoms with Gasteiger partial charge in [-0.1, -0.05) is 0 Å². The van der Waals surface area contributed by atoms with Crippen LogP contribution in [0.25, 0.3) is 11.6 Å². The molecule has 77 valence electrons. The third-order valence-electron chi connectivity index (χ3n) is 3.31. The zero-order chi connectivity index (χ0) is 11.4. The van der Waals surface area contributed by atoms with Crippen molar-refractivity contribution in [3.8, 4) is 0 Å². The van der Waals surface area contributed by atoms with Crippen molar-refractivity contribution in [3.63, 3.8) is 0 Å². The van der Waals surface area contributed by atoms with Gasteiger partial charge in [-0.2, -0.15) is 0 Å². The minimum atomic E-state index is 1.13. The number of hydrogen-bond donors (Lipinski definition) is 0. The molecule has 1 heterocycles. The number of aliphatic imine (C=N–C) groups is 1. The maximum absolute atomic E-state index is 4.78. The molecular weight excluding hydrogens is 285 g/mol. The molecule has 0 saturated heterocycles. The van der Waals surface area contributed by atoms with E-state index in [1.165, 1.54) is 50.3 Å². The summed E-state index contributed by atoms with van der Waals surface area (Å²) in [7, 11) is 0. The van der Waals surface area contributed by atoms with Crippen molar-refractivity contribution in [3.05, 3.63) is 59.2 Å². The zero-order valence-corrected chi connectivity index (χ0v) is 11.5. The molecule has 0 spiro atoms. The molecule has 0 radical (unpaired) electrons. The average molecular weight is 293 g/mol. The van der Waals surface area contributed by atoms with E-state index in [4.69, 9.17) is 4.99 Å². The Morgan fingerprint density at radius 2 is 1.82 bits per heavy atom. The van der Waals surface area contributed by atoms with Crippen LogP contribution in [0.4, 0.5) is 5.69 Å². The summed E-state index contributed by atoms with van der Waals surface area (Å²) in [6.07, 6.45) is 2.27. The molecular formula is C15H8NZr. The van der Waals surface area contributed by atoms with Crippen molar-refractivity contribution in [2.45, 2.75) is 0 Å². The van der Waals surface area contributed by atoms with E-state index in [1.54, 1.807) is 0 Å². The Hall–Kier alpha value is -1.27. The Labute approximate surface area is 115 Å². The van der Waals surface area contributed by atoms with Crippen LogP contribution < -0.4 is 3.27 Å². The molecule has 2 aromatic carbocycles. The molecule has 4 rings (SSSR count). The van der Waals surface area contributed by atoms with Crippen molar-refractivity contribution in [1.29, 1.82) is 0 Å². The predicted octanol–water partition coefficient (Wildman–Crippen LogP) is 2.85. The topological polar surface area (TPSA) is 12.4 Å². The number of rotatable bonds is 0. The molecule has 1 aliphatic carbocycles. The van der Waals surface area contributed by atoms with Gasteiger partial charge in [0.1, 0.15) is 0 Å². The molecule has 0 bridgehead atoms. The average Bonchev–Trinajstić information content (AvgIpc) is 2.85. The summed E-state index contributed by atoms with van der Waals surface area (Å²) in [5.74, 6) is 0. The maximum atomic E-state index is 4.78. The molecule has 0 unspecified atom stereocenters. The fourth-order valence-corrected chi connectivity index (χ4v) is 3.44. The third kappa shape index (κ3) is 1.25. The first-order valence-electron chi connectivity index (χ1n) is 5.60. The van der Waals surface area contributed by atoms with Crippen LogP contribution in [-0.4, -0.2) is 5.71 Å². The summed E-state index contributed by atoms with van der Waals surface area (Å²) in [4.78, 5) is 4.78. The molecule has 2 aliphatic rings. The molecule has 17 heavy (non-hydrogen) atoms. The normalized spacial score (nSPS) is 14.8. The molecule has 1 aliphatic heterocycles. The predicted molar refractivity (Wildman–Crippen MR) is 66.6 cm³/mol. The standard InChI is InChI=1S/C15H8N.Zr/c1-2-6-11-10(5-1)9-13-12-7-3-4-8-14(12)16-15(11)13;/h1-6,8-9H;. The minimum absolute atomic E-state index is 1.13. The van der Waals surface area contributed by atoms with Crippen LogP contribution in [-0.2, 0) is 24.7 Å². The van der Waals surface area contributed by atoms with Crippen LogP contribution >= 0.6 is 0 Å². The van der Waals surface area contributed by atoms with Gasteiger partial charge in [-0.15, -0.1) is 0 Å². The van der Waals surface area contributed by atoms with Crippen LogP contribution in [0.5, 0.6) is 0 Å². The Balaban J connectivity index is 2.04. The molecule has 0 atom stereocenters. The van der Waals surface area contributed by atoms with Crippen LogP contribution in [0.15, 0.2) is 47.5 Å². The first kappa shape index (κ1) is 9.73. The van der Waals surface area contributed by atoms with Crippen LogP contribution in [0.3, 0.4) is 0 Å². The van der Waals surface area contributed by atoms with Gasteiger partial charge in [0.25, 0.3) is 0 Å². The van der Waals surface area contributed by atoms with Gasteiger partial charge in [-0.05, 0) is 0 Å². The van der Waals surface area contributed by atoms with Gasteiger partial charge in [0.15, 0.2) is 0 Å². The Kier molecular flexibility index (Phi) is 1.93. The van der Waals surface area contributed by atoms with Gasteiger partial charge in [-0.3, -0.25) is 0 Å². The fraction of sp³-hybridized carbons (Fsp3) is 0. The second kappa shape index (κ2) is 3.37. The van der Waals surface area contributed by atoms with E-state index in [0.29, 0.717) is 0 Å². The van der Waals surface area contributed by atoms with Crippen molar-refractivity contribution in [2.24, 2.45) is 4.99 Å². The van der Waals surface area contributed by atoms with Gasteiger partial charge in [0.2, 0.25) is 0 Å². The Bertz CT molecular complexity index is 711. The van der Waals surface area contributed by atoms with Crippen molar-refractivity contribution in [1.82, 2.24) is 0 Å². The molecule has 0 N–H and O–H groups in total. The summed E-state index contributed by atoms with van der Waals surface area (Å²) in [6, 6.07) is 14.9. The zero-order valence-electron chi connectivity index (χ0n) is 9.07. The van der Waals surface area contributed by atoms with E-state index in [-0.39, 0.29) is 0 Å². The monoisotopic (exact) mass is 292 g/mol. The third-order valence-corrected chi connectivity index (χ3v) is 4.34. The number of benzene rings is 2. The summed E-state index contributed by atoms with van der Waals surface area (Å²) < 4.78 is 1.40. The molecule has 2 aromatic rings. The van der Waals surface area contributed by atoms with Gasteiger partial charge < -0.3 is 0 Å². The Morgan fingerprint density at radius 3 is 2.76 bits per heavy atom. The molecule has 2 heteroatoms. The molecule has 1 nitrogen and oxygen atoms in total. The SMILES string of the molecule is [Zr][c]1cccc2c1C1=Cc3ccccc3C1=N2. The van der Waals surface area contributed by atoms with Crippen LogP contribution in [0.2, 0.25) is 0 Å². The van der Waals surface area contributed by atoms with Gasteiger partial charge in [0, 0.05) is 0 Å². The number of hydrogen-bond acceptors (Lipinski definition) is 1. The summed E-state index contributed by atoms with van der Waals surface area (Å²) in [6.45, 7) is 0. The van der Waals surface area contributed by atoms with Crippen LogP contribution in [0.1, 0.15) is 16.7 Å². The summed E-state index contributed by atoms with van der Waals surface area (Å²) >= 11 is 1.45. The summed E-state index contributed by atoms with van der Waals surface area (Å²) in [5.41, 5.74) is 7.52. The van der Waals surface area contributed by atoms with E-state index in [2.05, 4.69) is 48.5 Å². The van der Waals surface area contributed by atoms with E-state index in [9.17, 15) is 0 Å². The second-order valence-electron chi connectivity index (χ2n) is 4.31. The van der Waals surface area contributed by atoms with Crippen molar-refractivity contribution < 1.29 is 24.7 Å². The van der Waals surface area contributed by atoms with Gasteiger partial charge in [-0.25, -0.2) is 0 Å². The van der Waals surface area contributed by atoms with E-state index in [0.717, 1.165) is 11.4 Å². The Morgan fingerprint density at radius 1 is 0.941 bits per heavy atom. The van der Waals surface area contributed by atoms with Crippen LogP contribution in [0, 0.1) is 0 Å². The molecule has 0 saturated carbocycles. The van der Waals surface area contributed by atoms with E-state index < -0.39 is 0 Å². The second-order valence-corrected chi connectivity index (χ2v) is 5.63. The molecule has 0 aromatic heterocycles. The van der Waals surface area contributed by atoms with Crippen molar-refractivity contribution >= 4 is 26.3 Å². The molecule has 0 fully saturated rings. The van der Waals surface area contributed by atoms with E-state index in [1.807, 2.05) is 0 Å². The summed E-state index contributed by atoms with van der Waals surface area (Å²) in [5, 5.41) is 0. The van der Waals surface area contributed by atoms with Gasteiger partial charge in [0.05, 0.1) is 0 Å². The number of allylic oxidation sites excluding steroid dienone is 1. The van der Waals surface area contributed by atoms with Crippen molar-refractivity contribution in [2.75, 3.05) is 0 Å².